The first kappa shape index (κ1) is 22.0. The number of nitrogens with zero attached hydrogens (tertiary/aromatic N) is 2. The van der Waals surface area contributed by atoms with E-state index in [1.54, 1.807) is 33.5 Å². The highest BCUT2D eigenvalue weighted by molar-refractivity contribution is 5.87. The first-order valence-electron chi connectivity index (χ1n) is 10.0. The number of nitrogen functional groups attached to an aromatic ring is 1. The van der Waals surface area contributed by atoms with E-state index >= 15 is 0 Å². The van der Waals surface area contributed by atoms with Crippen LogP contribution < -0.4 is 19.9 Å². The van der Waals surface area contributed by atoms with Gasteiger partial charge < -0.3 is 19.9 Å². The SMILES string of the molecule is COc1cc(OC)c(-c2cc(-c3ccc(CC(C)C)cc3)nc(N)c2C#N)c(OC)c1. The summed E-state index contributed by atoms with van der Waals surface area (Å²) < 4.78 is 16.5. The van der Waals surface area contributed by atoms with Crippen molar-refractivity contribution >= 4 is 5.82 Å². The molecule has 0 bridgehead atoms. The third kappa shape index (κ3) is 4.56. The second kappa shape index (κ2) is 9.40. The molecule has 6 heteroatoms. The van der Waals surface area contributed by atoms with Crippen LogP contribution in [0.15, 0.2) is 42.5 Å². The number of anilines is 1. The highest BCUT2D eigenvalue weighted by Gasteiger charge is 2.21. The molecule has 0 aliphatic heterocycles. The largest absolute Gasteiger partial charge is 0.496 e. The van der Waals surface area contributed by atoms with Gasteiger partial charge in [0.05, 0.1) is 32.6 Å². The summed E-state index contributed by atoms with van der Waals surface area (Å²) in [5.41, 5.74) is 10.5. The molecule has 0 amide bonds. The number of nitriles is 1. The molecule has 1 heterocycles. The van der Waals surface area contributed by atoms with E-state index < -0.39 is 0 Å². The molecule has 2 N–H and O–H groups in total. The maximum Gasteiger partial charge on any atom is 0.142 e. The van der Waals surface area contributed by atoms with Gasteiger partial charge in [0.25, 0.3) is 0 Å². The normalized spacial score (nSPS) is 10.6. The molecule has 1 aromatic heterocycles. The van der Waals surface area contributed by atoms with E-state index in [2.05, 4.69) is 37.0 Å². The van der Waals surface area contributed by atoms with Crippen LogP contribution in [0.3, 0.4) is 0 Å². The molecule has 3 aromatic rings. The Morgan fingerprint density at radius 1 is 0.968 bits per heavy atom. The van der Waals surface area contributed by atoms with Crippen LogP contribution in [0.2, 0.25) is 0 Å². The molecule has 0 aliphatic rings. The number of hydrogen-bond donors (Lipinski definition) is 1. The molecule has 6 nitrogen and oxygen atoms in total. The number of nitrogens with two attached hydrogens (primary N) is 1. The van der Waals surface area contributed by atoms with Crippen LogP contribution in [0.25, 0.3) is 22.4 Å². The summed E-state index contributed by atoms with van der Waals surface area (Å²) in [6, 6.07) is 15.8. The van der Waals surface area contributed by atoms with Crippen molar-refractivity contribution in [3.8, 4) is 45.7 Å². The molecule has 0 atom stereocenters. The smallest absolute Gasteiger partial charge is 0.142 e. The summed E-state index contributed by atoms with van der Waals surface area (Å²) in [7, 11) is 4.69. The second-order valence-electron chi connectivity index (χ2n) is 7.63. The predicted molar refractivity (Wildman–Crippen MR) is 122 cm³/mol. The Kier molecular flexibility index (Phi) is 6.66. The van der Waals surface area contributed by atoms with Crippen LogP contribution in [0.4, 0.5) is 5.82 Å². The van der Waals surface area contributed by atoms with Crippen LogP contribution in [-0.2, 0) is 6.42 Å². The van der Waals surface area contributed by atoms with Crippen molar-refractivity contribution in [2.75, 3.05) is 27.1 Å². The van der Waals surface area contributed by atoms with Crippen LogP contribution in [0.1, 0.15) is 25.0 Å². The van der Waals surface area contributed by atoms with Gasteiger partial charge in [-0.2, -0.15) is 5.26 Å². The number of ether oxygens (including phenoxy) is 3. The molecule has 0 aliphatic carbocycles. The summed E-state index contributed by atoms with van der Waals surface area (Å²) >= 11 is 0. The Morgan fingerprint density at radius 2 is 1.58 bits per heavy atom. The number of methoxy groups -OCH3 is 3. The molecule has 0 unspecified atom stereocenters. The van der Waals surface area contributed by atoms with E-state index in [-0.39, 0.29) is 11.4 Å². The average Bonchev–Trinajstić information content (AvgIpc) is 2.77. The van der Waals surface area contributed by atoms with E-state index in [9.17, 15) is 5.26 Å². The Bertz CT molecular complexity index is 1090. The minimum atomic E-state index is 0.154. The van der Waals surface area contributed by atoms with E-state index in [1.807, 2.05) is 18.2 Å². The summed E-state index contributed by atoms with van der Waals surface area (Å²) in [6.45, 7) is 4.39. The third-order valence-electron chi connectivity index (χ3n) is 5.04. The van der Waals surface area contributed by atoms with E-state index in [0.717, 1.165) is 12.0 Å². The average molecular weight is 418 g/mol. The zero-order chi connectivity index (χ0) is 22.5. The van der Waals surface area contributed by atoms with Crippen LogP contribution in [-0.4, -0.2) is 26.3 Å². The third-order valence-corrected chi connectivity index (χ3v) is 5.04. The molecule has 2 aromatic carbocycles. The van der Waals surface area contributed by atoms with Gasteiger partial charge in [-0.05, 0) is 24.0 Å². The molecule has 0 spiro atoms. The van der Waals surface area contributed by atoms with Crippen LogP contribution in [0.5, 0.6) is 17.2 Å². The van der Waals surface area contributed by atoms with Crippen molar-refractivity contribution in [3.05, 3.63) is 53.6 Å². The van der Waals surface area contributed by atoms with Gasteiger partial charge in [0, 0.05) is 23.3 Å². The zero-order valence-corrected chi connectivity index (χ0v) is 18.5. The number of rotatable bonds is 7. The summed E-state index contributed by atoms with van der Waals surface area (Å²) in [4.78, 5) is 4.48. The Hall–Kier alpha value is -3.72. The Balaban J connectivity index is 2.21. The number of aromatic nitrogens is 1. The lowest BCUT2D eigenvalue weighted by atomic mass is 9.95. The number of hydrogen-bond acceptors (Lipinski definition) is 6. The van der Waals surface area contributed by atoms with Crippen molar-refractivity contribution < 1.29 is 14.2 Å². The topological polar surface area (TPSA) is 90.4 Å². The lowest BCUT2D eigenvalue weighted by molar-refractivity contribution is 0.377. The minimum Gasteiger partial charge on any atom is -0.496 e. The highest BCUT2D eigenvalue weighted by atomic mass is 16.5. The van der Waals surface area contributed by atoms with Gasteiger partial charge in [-0.1, -0.05) is 38.1 Å². The fourth-order valence-electron chi connectivity index (χ4n) is 3.58. The predicted octanol–water partition coefficient (Wildman–Crippen LogP) is 5.09. The zero-order valence-electron chi connectivity index (χ0n) is 18.5. The fraction of sp³-hybridized carbons (Fsp3) is 0.280. The van der Waals surface area contributed by atoms with Gasteiger partial charge >= 0.3 is 0 Å². The summed E-state index contributed by atoms with van der Waals surface area (Å²) in [5, 5.41) is 9.79. The lowest BCUT2D eigenvalue weighted by Crippen LogP contribution is -2.02. The molecule has 3 rings (SSSR count). The maximum atomic E-state index is 9.79. The first-order valence-corrected chi connectivity index (χ1v) is 10.0. The standard InChI is InChI=1S/C25H27N3O3/c1-15(2)10-16-6-8-17(9-7-16)21-13-19(20(14-26)25(27)28-21)24-22(30-4)11-18(29-3)12-23(24)31-5/h6-9,11-13,15H,10H2,1-5H3,(H2,27,28). The van der Waals surface area contributed by atoms with Crippen molar-refractivity contribution in [2.24, 2.45) is 5.92 Å². The molecular formula is C25H27N3O3. The van der Waals surface area contributed by atoms with E-state index in [0.29, 0.717) is 40.0 Å². The number of pyridine rings is 1. The lowest BCUT2D eigenvalue weighted by Gasteiger charge is -2.17. The van der Waals surface area contributed by atoms with Gasteiger partial charge in [-0.3, -0.25) is 0 Å². The molecule has 31 heavy (non-hydrogen) atoms. The summed E-state index contributed by atoms with van der Waals surface area (Å²) in [6.07, 6.45) is 1.01. The van der Waals surface area contributed by atoms with Crippen molar-refractivity contribution in [1.82, 2.24) is 4.98 Å². The maximum absolute atomic E-state index is 9.79. The first-order chi connectivity index (χ1) is 14.9. The van der Waals surface area contributed by atoms with E-state index in [4.69, 9.17) is 19.9 Å². The fourth-order valence-corrected chi connectivity index (χ4v) is 3.58. The highest BCUT2D eigenvalue weighted by Crippen LogP contribution is 2.44. The minimum absolute atomic E-state index is 0.154. The number of benzene rings is 2. The van der Waals surface area contributed by atoms with E-state index in [1.165, 1.54) is 5.56 Å². The van der Waals surface area contributed by atoms with Gasteiger partial charge in [0.15, 0.2) is 0 Å². The van der Waals surface area contributed by atoms with Crippen molar-refractivity contribution in [2.45, 2.75) is 20.3 Å². The van der Waals surface area contributed by atoms with Gasteiger partial charge in [0.2, 0.25) is 0 Å². The Labute approximate surface area is 183 Å². The quantitative estimate of drug-likeness (QED) is 0.576. The van der Waals surface area contributed by atoms with Crippen LogP contribution in [0, 0.1) is 17.2 Å². The van der Waals surface area contributed by atoms with Crippen molar-refractivity contribution in [3.63, 3.8) is 0 Å². The monoisotopic (exact) mass is 417 g/mol. The van der Waals surface area contributed by atoms with Gasteiger partial charge in [-0.15, -0.1) is 0 Å². The molecule has 160 valence electrons. The molecular weight excluding hydrogens is 390 g/mol. The van der Waals surface area contributed by atoms with Gasteiger partial charge in [-0.25, -0.2) is 4.98 Å². The molecule has 0 fully saturated rings. The second-order valence-corrected chi connectivity index (χ2v) is 7.63. The molecule has 0 saturated heterocycles. The van der Waals surface area contributed by atoms with Crippen molar-refractivity contribution in [1.29, 1.82) is 5.26 Å². The summed E-state index contributed by atoms with van der Waals surface area (Å²) in [5.74, 6) is 2.34. The molecule has 0 saturated carbocycles. The molecule has 0 radical (unpaired) electrons. The van der Waals surface area contributed by atoms with Gasteiger partial charge in [0.1, 0.15) is 34.7 Å². The Morgan fingerprint density at radius 3 is 2.06 bits per heavy atom. The van der Waals surface area contributed by atoms with Crippen LogP contribution >= 0.6 is 0 Å².